The third-order valence-electron chi connectivity index (χ3n) is 2.20. The summed E-state index contributed by atoms with van der Waals surface area (Å²) in [6.45, 7) is 4.03. The zero-order valence-electron chi connectivity index (χ0n) is 6.46. The third kappa shape index (κ3) is 1.03. The molecular weight excluding hydrogens is 128 g/mol. The van der Waals surface area contributed by atoms with E-state index in [2.05, 4.69) is 0 Å². The Hall–Kier alpha value is -0.500. The average molecular weight is 142 g/mol. The molecule has 1 rings (SSSR count). The predicted octanol–water partition coefficient (Wildman–Crippen LogP) is 1.61. The van der Waals surface area contributed by atoms with Gasteiger partial charge in [0.1, 0.15) is 11.9 Å². The van der Waals surface area contributed by atoms with Gasteiger partial charge in [0.05, 0.1) is 0 Å². The molecule has 2 heteroatoms. The summed E-state index contributed by atoms with van der Waals surface area (Å²) in [7, 11) is 0. The van der Waals surface area contributed by atoms with Gasteiger partial charge < -0.3 is 10.2 Å². The molecule has 0 heterocycles. The molecule has 0 amide bonds. The second-order valence-electron chi connectivity index (χ2n) is 2.92. The molecule has 0 aromatic heterocycles. The number of aliphatic hydroxyl groups excluding tert-OH is 2. The first kappa shape index (κ1) is 7.61. The van der Waals surface area contributed by atoms with Crippen LogP contribution in [-0.4, -0.2) is 16.3 Å². The summed E-state index contributed by atoms with van der Waals surface area (Å²) in [5.41, 5.74) is 1.02. The lowest BCUT2D eigenvalue weighted by Crippen LogP contribution is -2.04. The number of aliphatic hydroxyl groups is 2. The van der Waals surface area contributed by atoms with Gasteiger partial charge in [-0.25, -0.2) is 0 Å². The quantitative estimate of drug-likeness (QED) is 0.584. The van der Waals surface area contributed by atoms with E-state index in [1.807, 2.05) is 13.8 Å². The van der Waals surface area contributed by atoms with Gasteiger partial charge in [-0.1, -0.05) is 13.8 Å². The molecule has 2 atom stereocenters. The van der Waals surface area contributed by atoms with Crippen molar-refractivity contribution in [3.8, 4) is 0 Å². The van der Waals surface area contributed by atoms with E-state index >= 15 is 0 Å². The van der Waals surface area contributed by atoms with Crippen molar-refractivity contribution in [3.05, 3.63) is 11.3 Å². The van der Waals surface area contributed by atoms with Crippen LogP contribution < -0.4 is 0 Å². The van der Waals surface area contributed by atoms with Crippen LogP contribution >= 0.6 is 0 Å². The van der Waals surface area contributed by atoms with E-state index in [0.717, 1.165) is 12.0 Å². The molecule has 0 aliphatic heterocycles. The van der Waals surface area contributed by atoms with Crippen LogP contribution in [0.4, 0.5) is 0 Å². The molecule has 0 radical (unpaired) electrons. The maximum absolute atomic E-state index is 9.26. The molecule has 1 aliphatic rings. The molecule has 10 heavy (non-hydrogen) atoms. The topological polar surface area (TPSA) is 40.5 Å². The zero-order chi connectivity index (χ0) is 7.72. The van der Waals surface area contributed by atoms with Gasteiger partial charge in [-0.15, -0.1) is 0 Å². The lowest BCUT2D eigenvalue weighted by atomic mass is 10.0. The fourth-order valence-corrected chi connectivity index (χ4v) is 1.58. The summed E-state index contributed by atoms with van der Waals surface area (Å²) in [5, 5.41) is 18.4. The fraction of sp³-hybridized carbons (Fsp3) is 0.750. The van der Waals surface area contributed by atoms with Crippen LogP contribution in [0.25, 0.3) is 0 Å². The molecule has 0 aromatic rings. The minimum atomic E-state index is -0.593. The summed E-state index contributed by atoms with van der Waals surface area (Å²) < 4.78 is 0. The predicted molar refractivity (Wildman–Crippen MR) is 39.7 cm³/mol. The molecule has 0 saturated carbocycles. The van der Waals surface area contributed by atoms with Crippen molar-refractivity contribution < 1.29 is 10.2 Å². The van der Waals surface area contributed by atoms with Crippen molar-refractivity contribution in [2.24, 2.45) is 5.92 Å². The summed E-state index contributed by atoms with van der Waals surface area (Å²) in [6, 6.07) is 0. The molecule has 2 N–H and O–H groups in total. The van der Waals surface area contributed by atoms with E-state index in [4.69, 9.17) is 5.11 Å². The maximum Gasteiger partial charge on any atom is 0.120 e. The highest BCUT2D eigenvalue weighted by molar-refractivity contribution is 5.20. The standard InChI is InChI=1S/C8H14O2/c1-3-6-5(2)4-7(9)8(6)10/h5,7,9-10H,3-4H2,1-2H3. The summed E-state index contributed by atoms with van der Waals surface area (Å²) in [6.07, 6.45) is 0.948. The van der Waals surface area contributed by atoms with E-state index in [-0.39, 0.29) is 5.76 Å². The van der Waals surface area contributed by atoms with E-state index in [9.17, 15) is 5.11 Å². The highest BCUT2D eigenvalue weighted by Gasteiger charge is 2.27. The van der Waals surface area contributed by atoms with Crippen LogP contribution in [0.2, 0.25) is 0 Å². The van der Waals surface area contributed by atoms with Gasteiger partial charge in [0.25, 0.3) is 0 Å². The van der Waals surface area contributed by atoms with Crippen molar-refractivity contribution in [3.63, 3.8) is 0 Å². The molecule has 0 fully saturated rings. The Morgan fingerprint density at radius 2 is 2.20 bits per heavy atom. The molecule has 1 aliphatic carbocycles. The highest BCUT2D eigenvalue weighted by atomic mass is 16.3. The van der Waals surface area contributed by atoms with Gasteiger partial charge in [-0.2, -0.15) is 0 Å². The van der Waals surface area contributed by atoms with Crippen LogP contribution in [0, 0.1) is 5.92 Å². The lowest BCUT2D eigenvalue weighted by Gasteiger charge is -2.03. The second kappa shape index (κ2) is 2.62. The van der Waals surface area contributed by atoms with Crippen LogP contribution in [0.1, 0.15) is 26.7 Å². The molecule has 58 valence electrons. The summed E-state index contributed by atoms with van der Waals surface area (Å²) >= 11 is 0. The van der Waals surface area contributed by atoms with E-state index in [0.29, 0.717) is 12.3 Å². The van der Waals surface area contributed by atoms with Crippen molar-refractivity contribution in [1.82, 2.24) is 0 Å². The van der Waals surface area contributed by atoms with Gasteiger partial charge in [-0.05, 0) is 24.3 Å². The number of rotatable bonds is 1. The monoisotopic (exact) mass is 142 g/mol. The number of hydrogen-bond donors (Lipinski definition) is 2. The summed E-state index contributed by atoms with van der Waals surface area (Å²) in [4.78, 5) is 0. The van der Waals surface area contributed by atoms with Gasteiger partial charge in [0.15, 0.2) is 0 Å². The average Bonchev–Trinajstić information content (AvgIpc) is 2.09. The molecule has 0 aromatic carbocycles. The molecule has 2 nitrogen and oxygen atoms in total. The van der Waals surface area contributed by atoms with E-state index in [1.54, 1.807) is 0 Å². The van der Waals surface area contributed by atoms with Gasteiger partial charge in [0, 0.05) is 0 Å². The smallest absolute Gasteiger partial charge is 0.120 e. The highest BCUT2D eigenvalue weighted by Crippen LogP contribution is 2.32. The Morgan fingerprint density at radius 3 is 2.40 bits per heavy atom. The fourth-order valence-electron chi connectivity index (χ4n) is 1.58. The first-order valence-corrected chi connectivity index (χ1v) is 3.76. The molecule has 2 unspecified atom stereocenters. The molecule has 0 saturated heterocycles. The van der Waals surface area contributed by atoms with Gasteiger partial charge in [0.2, 0.25) is 0 Å². The SMILES string of the molecule is CCC1=C(O)C(O)CC1C. The normalized spacial score (nSPS) is 33.5. The minimum absolute atomic E-state index is 0.218. The molecule has 0 bridgehead atoms. The zero-order valence-corrected chi connectivity index (χ0v) is 6.46. The Morgan fingerprint density at radius 1 is 1.60 bits per heavy atom. The second-order valence-corrected chi connectivity index (χ2v) is 2.92. The number of hydrogen-bond acceptors (Lipinski definition) is 2. The van der Waals surface area contributed by atoms with Gasteiger partial charge >= 0.3 is 0 Å². The molecular formula is C8H14O2. The Bertz CT molecular complexity index is 161. The van der Waals surface area contributed by atoms with Crippen molar-refractivity contribution in [2.75, 3.05) is 0 Å². The van der Waals surface area contributed by atoms with Crippen molar-refractivity contribution in [2.45, 2.75) is 32.8 Å². The summed E-state index contributed by atoms with van der Waals surface area (Å²) in [5.74, 6) is 0.579. The van der Waals surface area contributed by atoms with E-state index in [1.165, 1.54) is 0 Å². The minimum Gasteiger partial charge on any atom is -0.510 e. The molecule has 0 spiro atoms. The Kier molecular flexibility index (Phi) is 2.00. The van der Waals surface area contributed by atoms with Gasteiger partial charge in [-0.3, -0.25) is 0 Å². The van der Waals surface area contributed by atoms with Crippen molar-refractivity contribution in [1.29, 1.82) is 0 Å². The first-order valence-electron chi connectivity index (χ1n) is 3.76. The van der Waals surface area contributed by atoms with Crippen LogP contribution in [0.5, 0.6) is 0 Å². The Balaban J connectivity index is 2.79. The van der Waals surface area contributed by atoms with Crippen LogP contribution in [0.3, 0.4) is 0 Å². The lowest BCUT2D eigenvalue weighted by molar-refractivity contribution is 0.153. The largest absolute Gasteiger partial charge is 0.510 e. The van der Waals surface area contributed by atoms with Crippen LogP contribution in [-0.2, 0) is 0 Å². The van der Waals surface area contributed by atoms with Crippen LogP contribution in [0.15, 0.2) is 11.3 Å². The first-order chi connectivity index (χ1) is 4.66. The number of allylic oxidation sites excluding steroid dienone is 1. The Labute approximate surface area is 61.2 Å². The van der Waals surface area contributed by atoms with E-state index < -0.39 is 6.10 Å². The third-order valence-corrected chi connectivity index (χ3v) is 2.20. The van der Waals surface area contributed by atoms with Crippen molar-refractivity contribution >= 4 is 0 Å². The maximum atomic E-state index is 9.26.